The van der Waals surface area contributed by atoms with Crippen LogP contribution in [0.1, 0.15) is 18.9 Å². The molecule has 110 valence electrons. The van der Waals surface area contributed by atoms with Crippen LogP contribution in [-0.2, 0) is 13.0 Å². The predicted molar refractivity (Wildman–Crippen MR) is 88.7 cm³/mol. The van der Waals surface area contributed by atoms with Gasteiger partial charge < -0.3 is 14.8 Å². The van der Waals surface area contributed by atoms with E-state index in [1.54, 1.807) is 6.20 Å². The SMILES string of the molecule is C=CN(C)c1cn2c(n1)-c1ccc(NCC)cc1CCC2. The summed E-state index contributed by atoms with van der Waals surface area (Å²) >= 11 is 0. The Morgan fingerprint density at radius 3 is 3.10 bits per heavy atom. The van der Waals surface area contributed by atoms with E-state index in [0.29, 0.717) is 0 Å². The third-order valence-corrected chi connectivity index (χ3v) is 3.97. The van der Waals surface area contributed by atoms with Crippen molar-refractivity contribution in [1.82, 2.24) is 9.55 Å². The van der Waals surface area contributed by atoms with Crippen molar-refractivity contribution in [3.05, 3.63) is 42.7 Å². The molecule has 21 heavy (non-hydrogen) atoms. The van der Waals surface area contributed by atoms with E-state index in [2.05, 4.69) is 47.8 Å². The predicted octanol–water partition coefficient (Wildman–Crippen LogP) is 3.51. The topological polar surface area (TPSA) is 33.1 Å². The quantitative estimate of drug-likeness (QED) is 0.931. The van der Waals surface area contributed by atoms with Crippen molar-refractivity contribution >= 4 is 11.5 Å². The molecule has 1 N–H and O–H groups in total. The van der Waals surface area contributed by atoms with Crippen LogP contribution in [0.3, 0.4) is 0 Å². The number of aromatic nitrogens is 2. The van der Waals surface area contributed by atoms with Gasteiger partial charge in [-0.3, -0.25) is 0 Å². The summed E-state index contributed by atoms with van der Waals surface area (Å²) in [4.78, 5) is 6.75. The molecule has 4 heteroatoms. The fourth-order valence-corrected chi connectivity index (χ4v) is 2.82. The second-order valence-electron chi connectivity index (χ2n) is 5.42. The van der Waals surface area contributed by atoms with Gasteiger partial charge in [0, 0.05) is 37.6 Å². The number of nitrogens with zero attached hydrogens (tertiary/aromatic N) is 3. The maximum absolute atomic E-state index is 4.80. The molecule has 0 radical (unpaired) electrons. The molecule has 1 aromatic heterocycles. The molecule has 2 aromatic rings. The Labute approximate surface area is 126 Å². The number of fused-ring (bicyclic) bond motifs is 3. The second-order valence-corrected chi connectivity index (χ2v) is 5.42. The van der Waals surface area contributed by atoms with E-state index in [0.717, 1.165) is 37.6 Å². The van der Waals surface area contributed by atoms with E-state index in [9.17, 15) is 0 Å². The normalized spacial score (nSPS) is 13.0. The Kier molecular flexibility index (Phi) is 3.69. The highest BCUT2D eigenvalue weighted by Crippen LogP contribution is 2.31. The lowest BCUT2D eigenvalue weighted by Gasteiger charge is -2.10. The Morgan fingerprint density at radius 2 is 2.33 bits per heavy atom. The molecule has 1 aliphatic heterocycles. The van der Waals surface area contributed by atoms with Gasteiger partial charge in [0.15, 0.2) is 5.82 Å². The number of anilines is 2. The number of benzene rings is 1. The van der Waals surface area contributed by atoms with Crippen LogP contribution in [0.15, 0.2) is 37.2 Å². The highest BCUT2D eigenvalue weighted by molar-refractivity contribution is 5.68. The zero-order valence-electron chi connectivity index (χ0n) is 12.8. The van der Waals surface area contributed by atoms with E-state index in [-0.39, 0.29) is 0 Å². The van der Waals surface area contributed by atoms with Crippen LogP contribution in [0.25, 0.3) is 11.4 Å². The second kappa shape index (κ2) is 5.64. The van der Waals surface area contributed by atoms with Crippen molar-refractivity contribution in [2.24, 2.45) is 0 Å². The van der Waals surface area contributed by atoms with Gasteiger partial charge in [-0.2, -0.15) is 0 Å². The Hall–Kier alpha value is -2.23. The summed E-state index contributed by atoms with van der Waals surface area (Å²) in [7, 11) is 1.98. The summed E-state index contributed by atoms with van der Waals surface area (Å²) in [5.41, 5.74) is 3.82. The molecule has 0 unspecified atom stereocenters. The van der Waals surface area contributed by atoms with Crippen molar-refractivity contribution in [2.45, 2.75) is 26.3 Å². The average molecular weight is 282 g/mol. The molecule has 0 spiro atoms. The lowest BCUT2D eigenvalue weighted by molar-refractivity contribution is 0.661. The number of rotatable bonds is 4. The van der Waals surface area contributed by atoms with Crippen LogP contribution in [0.5, 0.6) is 0 Å². The first kappa shape index (κ1) is 13.7. The first-order valence-electron chi connectivity index (χ1n) is 7.52. The molecule has 2 heterocycles. The summed E-state index contributed by atoms with van der Waals surface area (Å²) in [5, 5.41) is 3.39. The first-order valence-corrected chi connectivity index (χ1v) is 7.52. The third-order valence-electron chi connectivity index (χ3n) is 3.97. The summed E-state index contributed by atoms with van der Waals surface area (Å²) in [6.07, 6.45) is 6.15. The number of hydrogen-bond acceptors (Lipinski definition) is 3. The minimum Gasteiger partial charge on any atom is -0.385 e. The highest BCUT2D eigenvalue weighted by Gasteiger charge is 2.18. The lowest BCUT2D eigenvalue weighted by atomic mass is 10.0. The first-order chi connectivity index (χ1) is 10.2. The van der Waals surface area contributed by atoms with Crippen LogP contribution in [-0.4, -0.2) is 23.1 Å². The van der Waals surface area contributed by atoms with Crippen molar-refractivity contribution in [2.75, 3.05) is 23.8 Å². The molecule has 1 aromatic carbocycles. The Balaban J connectivity index is 2.05. The minimum atomic E-state index is 0.946. The smallest absolute Gasteiger partial charge is 0.151 e. The summed E-state index contributed by atoms with van der Waals surface area (Å²) in [6.45, 7) is 7.89. The maximum atomic E-state index is 4.80. The van der Waals surface area contributed by atoms with Crippen molar-refractivity contribution in [1.29, 1.82) is 0 Å². The van der Waals surface area contributed by atoms with E-state index in [1.165, 1.54) is 16.8 Å². The summed E-state index contributed by atoms with van der Waals surface area (Å²) in [6, 6.07) is 6.60. The lowest BCUT2D eigenvalue weighted by Crippen LogP contribution is -2.07. The highest BCUT2D eigenvalue weighted by atomic mass is 15.2. The van der Waals surface area contributed by atoms with Gasteiger partial charge >= 0.3 is 0 Å². The number of imidazole rings is 1. The molecular weight excluding hydrogens is 260 g/mol. The van der Waals surface area contributed by atoms with Crippen LogP contribution < -0.4 is 10.2 Å². The number of nitrogens with one attached hydrogen (secondary N) is 1. The zero-order valence-corrected chi connectivity index (χ0v) is 12.8. The molecule has 0 aliphatic carbocycles. The molecule has 0 fully saturated rings. The van der Waals surface area contributed by atoms with Crippen LogP contribution in [0.4, 0.5) is 11.5 Å². The monoisotopic (exact) mass is 282 g/mol. The van der Waals surface area contributed by atoms with Crippen LogP contribution >= 0.6 is 0 Å². The molecule has 0 saturated carbocycles. The molecule has 0 bridgehead atoms. The van der Waals surface area contributed by atoms with Gasteiger partial charge in [0.25, 0.3) is 0 Å². The van der Waals surface area contributed by atoms with Gasteiger partial charge in [-0.25, -0.2) is 4.98 Å². The van der Waals surface area contributed by atoms with Gasteiger partial charge in [0.1, 0.15) is 5.82 Å². The molecule has 3 rings (SSSR count). The van der Waals surface area contributed by atoms with Gasteiger partial charge in [0.05, 0.1) is 0 Å². The molecule has 0 saturated heterocycles. The fourth-order valence-electron chi connectivity index (χ4n) is 2.82. The average Bonchev–Trinajstić information content (AvgIpc) is 2.84. The van der Waals surface area contributed by atoms with Crippen molar-refractivity contribution < 1.29 is 0 Å². The van der Waals surface area contributed by atoms with E-state index in [4.69, 9.17) is 4.98 Å². The Morgan fingerprint density at radius 1 is 1.48 bits per heavy atom. The van der Waals surface area contributed by atoms with Crippen LogP contribution in [0.2, 0.25) is 0 Å². The fraction of sp³-hybridized carbons (Fsp3) is 0.353. The van der Waals surface area contributed by atoms with Gasteiger partial charge in [-0.1, -0.05) is 6.58 Å². The van der Waals surface area contributed by atoms with Gasteiger partial charge in [-0.05, 0) is 49.7 Å². The molecule has 0 amide bonds. The van der Waals surface area contributed by atoms with E-state index in [1.807, 2.05) is 11.9 Å². The molecular formula is C17H22N4. The van der Waals surface area contributed by atoms with E-state index < -0.39 is 0 Å². The van der Waals surface area contributed by atoms with Gasteiger partial charge in [0.2, 0.25) is 0 Å². The number of aryl methyl sites for hydroxylation is 2. The summed E-state index contributed by atoms with van der Waals surface area (Å²) in [5.74, 6) is 2.01. The van der Waals surface area contributed by atoms with Gasteiger partial charge in [-0.15, -0.1) is 0 Å². The Bertz CT molecular complexity index is 657. The van der Waals surface area contributed by atoms with Crippen LogP contribution in [0, 0.1) is 0 Å². The van der Waals surface area contributed by atoms with Crippen molar-refractivity contribution in [3.8, 4) is 11.4 Å². The van der Waals surface area contributed by atoms with E-state index >= 15 is 0 Å². The zero-order chi connectivity index (χ0) is 14.8. The van der Waals surface area contributed by atoms with Crippen molar-refractivity contribution in [3.63, 3.8) is 0 Å². The molecule has 0 atom stereocenters. The third kappa shape index (κ3) is 2.53. The molecule has 1 aliphatic rings. The maximum Gasteiger partial charge on any atom is 0.151 e. The standard InChI is InChI=1S/C17H22N4/c1-4-18-14-8-9-15-13(11-14)7-6-10-21-12-16(19-17(15)21)20(3)5-2/h5,8-9,11-12,18H,2,4,6-7,10H2,1,3H3. The number of hydrogen-bond donors (Lipinski definition) is 1. The largest absolute Gasteiger partial charge is 0.385 e. The minimum absolute atomic E-state index is 0.946. The molecule has 4 nitrogen and oxygen atoms in total. The summed E-state index contributed by atoms with van der Waals surface area (Å²) < 4.78 is 2.26.